The smallest absolute Gasteiger partial charge is 0.137 e. The summed E-state index contributed by atoms with van der Waals surface area (Å²) in [7, 11) is 0. The first-order valence-corrected chi connectivity index (χ1v) is 4.31. The first-order valence-electron chi connectivity index (χ1n) is 3.09. The van der Waals surface area contributed by atoms with E-state index in [0.717, 1.165) is 0 Å². The molecule has 0 aliphatic carbocycles. The van der Waals surface area contributed by atoms with Gasteiger partial charge in [0.1, 0.15) is 9.25 Å². The number of hydrogen-bond acceptors (Lipinski definition) is 3. The molecular formula is C6H11NOS2. The van der Waals surface area contributed by atoms with E-state index in [1.807, 2.05) is 13.8 Å². The molecule has 1 saturated heterocycles. The maximum Gasteiger partial charge on any atom is 0.137 e. The Bertz CT molecular complexity index is 159. The number of nitrogens with one attached hydrogen (secondary N) is 1. The maximum absolute atomic E-state index is 9.71. The lowest BCUT2D eigenvalue weighted by molar-refractivity contribution is 0.0826. The minimum Gasteiger partial charge on any atom is -0.377 e. The number of hydrogen-bond donors (Lipinski definition) is 2. The van der Waals surface area contributed by atoms with Crippen LogP contribution in [0.4, 0.5) is 0 Å². The highest BCUT2D eigenvalue weighted by Gasteiger charge is 2.47. The Morgan fingerprint density at radius 1 is 1.50 bits per heavy atom. The van der Waals surface area contributed by atoms with Crippen molar-refractivity contribution >= 4 is 28.3 Å². The van der Waals surface area contributed by atoms with Crippen molar-refractivity contribution in [3.63, 3.8) is 0 Å². The van der Waals surface area contributed by atoms with Gasteiger partial charge in [-0.05, 0) is 20.8 Å². The van der Waals surface area contributed by atoms with Gasteiger partial charge in [-0.3, -0.25) is 0 Å². The fourth-order valence-electron chi connectivity index (χ4n) is 0.705. The molecule has 1 unspecified atom stereocenters. The van der Waals surface area contributed by atoms with Gasteiger partial charge in [0.15, 0.2) is 0 Å². The van der Waals surface area contributed by atoms with E-state index in [1.54, 1.807) is 6.92 Å². The average molecular weight is 177 g/mol. The van der Waals surface area contributed by atoms with Crippen molar-refractivity contribution in [3.05, 3.63) is 0 Å². The van der Waals surface area contributed by atoms with Gasteiger partial charge < -0.3 is 10.4 Å². The second-order valence-electron chi connectivity index (χ2n) is 3.12. The number of thiocarbonyl (C=S) groups is 1. The summed E-state index contributed by atoms with van der Waals surface area (Å²) in [5.74, 6) is 0. The predicted octanol–water partition coefficient (Wildman–Crippen LogP) is 1.09. The largest absolute Gasteiger partial charge is 0.377 e. The van der Waals surface area contributed by atoms with Crippen molar-refractivity contribution in [2.45, 2.75) is 31.2 Å². The Hall–Kier alpha value is 0.200. The van der Waals surface area contributed by atoms with Crippen molar-refractivity contribution in [1.29, 1.82) is 0 Å². The summed E-state index contributed by atoms with van der Waals surface area (Å²) in [5.41, 5.74) is -0.311. The third-order valence-electron chi connectivity index (χ3n) is 1.87. The first kappa shape index (κ1) is 8.30. The van der Waals surface area contributed by atoms with E-state index >= 15 is 0 Å². The van der Waals surface area contributed by atoms with Crippen LogP contribution in [0.25, 0.3) is 0 Å². The second kappa shape index (κ2) is 2.09. The van der Waals surface area contributed by atoms with Crippen molar-refractivity contribution in [3.8, 4) is 0 Å². The molecule has 1 aliphatic heterocycles. The SMILES string of the molecule is CC1(C)NC(=S)SC1(C)O. The molecule has 2 nitrogen and oxygen atoms in total. The second-order valence-corrected chi connectivity index (χ2v) is 5.20. The molecule has 1 heterocycles. The fourth-order valence-corrected chi connectivity index (χ4v) is 2.42. The molecule has 0 aromatic heterocycles. The van der Waals surface area contributed by atoms with Gasteiger partial charge in [0.2, 0.25) is 0 Å². The van der Waals surface area contributed by atoms with Crippen LogP contribution in [0.5, 0.6) is 0 Å². The van der Waals surface area contributed by atoms with Crippen molar-refractivity contribution in [1.82, 2.24) is 5.32 Å². The maximum atomic E-state index is 9.71. The van der Waals surface area contributed by atoms with Crippen molar-refractivity contribution < 1.29 is 5.11 Å². The van der Waals surface area contributed by atoms with E-state index in [1.165, 1.54) is 11.8 Å². The van der Waals surface area contributed by atoms with Gasteiger partial charge in [-0.15, -0.1) is 0 Å². The van der Waals surface area contributed by atoms with Crippen LogP contribution < -0.4 is 5.32 Å². The standard InChI is InChI=1S/C6H11NOS2/c1-5(2)6(3,8)10-4(9)7-5/h8H,1-3H3,(H,7,9). The Morgan fingerprint density at radius 3 is 2.10 bits per heavy atom. The zero-order valence-corrected chi connectivity index (χ0v) is 7.90. The predicted molar refractivity (Wildman–Crippen MR) is 48.0 cm³/mol. The van der Waals surface area contributed by atoms with Crippen molar-refractivity contribution in [2.75, 3.05) is 0 Å². The lowest BCUT2D eigenvalue weighted by Gasteiger charge is -2.30. The minimum atomic E-state index is -0.774. The van der Waals surface area contributed by atoms with E-state index < -0.39 is 4.93 Å². The van der Waals surface area contributed by atoms with Gasteiger partial charge in [-0.1, -0.05) is 24.0 Å². The Labute approximate surface area is 70.4 Å². The van der Waals surface area contributed by atoms with Gasteiger partial charge in [-0.2, -0.15) is 0 Å². The molecule has 0 aromatic rings. The Morgan fingerprint density at radius 2 is 2.00 bits per heavy atom. The van der Waals surface area contributed by atoms with Gasteiger partial charge in [-0.25, -0.2) is 0 Å². The molecular weight excluding hydrogens is 166 g/mol. The zero-order chi connectivity index (χ0) is 7.99. The lowest BCUT2D eigenvalue weighted by Crippen LogP contribution is -2.49. The molecule has 2 N–H and O–H groups in total. The highest BCUT2D eigenvalue weighted by Crippen LogP contribution is 2.39. The molecule has 0 spiro atoms. The van der Waals surface area contributed by atoms with E-state index in [-0.39, 0.29) is 5.54 Å². The lowest BCUT2D eigenvalue weighted by atomic mass is 9.99. The highest BCUT2D eigenvalue weighted by atomic mass is 32.2. The number of aliphatic hydroxyl groups is 1. The Kier molecular flexibility index (Phi) is 1.74. The quantitative estimate of drug-likeness (QED) is 0.543. The van der Waals surface area contributed by atoms with Gasteiger partial charge in [0, 0.05) is 0 Å². The molecule has 0 amide bonds. The topological polar surface area (TPSA) is 32.3 Å². The van der Waals surface area contributed by atoms with Gasteiger partial charge in [0.25, 0.3) is 0 Å². The monoisotopic (exact) mass is 177 g/mol. The van der Waals surface area contributed by atoms with E-state index in [9.17, 15) is 5.11 Å². The Balaban J connectivity index is 2.88. The first-order chi connectivity index (χ1) is 4.35. The van der Waals surface area contributed by atoms with Crippen LogP contribution in [0.3, 0.4) is 0 Å². The molecule has 1 fully saturated rings. The van der Waals surface area contributed by atoms with Gasteiger partial charge in [0.05, 0.1) is 5.54 Å². The molecule has 58 valence electrons. The molecule has 10 heavy (non-hydrogen) atoms. The number of thioether (sulfide) groups is 1. The highest BCUT2D eigenvalue weighted by molar-refractivity contribution is 8.24. The summed E-state index contributed by atoms with van der Waals surface area (Å²) in [6, 6.07) is 0. The molecule has 1 rings (SSSR count). The van der Waals surface area contributed by atoms with Gasteiger partial charge >= 0.3 is 0 Å². The van der Waals surface area contributed by atoms with Crippen LogP contribution in [0.2, 0.25) is 0 Å². The fraction of sp³-hybridized carbons (Fsp3) is 0.833. The molecule has 4 heteroatoms. The molecule has 0 radical (unpaired) electrons. The van der Waals surface area contributed by atoms with Crippen LogP contribution >= 0.6 is 24.0 Å². The molecule has 0 saturated carbocycles. The number of rotatable bonds is 0. The molecule has 0 bridgehead atoms. The average Bonchev–Trinajstić information content (AvgIpc) is 1.73. The van der Waals surface area contributed by atoms with Crippen LogP contribution in [0.1, 0.15) is 20.8 Å². The summed E-state index contributed by atoms with van der Waals surface area (Å²) in [4.78, 5) is -0.774. The summed E-state index contributed by atoms with van der Waals surface area (Å²) in [5, 5.41) is 12.7. The van der Waals surface area contributed by atoms with Crippen LogP contribution in [0, 0.1) is 0 Å². The van der Waals surface area contributed by atoms with E-state index in [2.05, 4.69) is 5.32 Å². The summed E-state index contributed by atoms with van der Waals surface area (Å²) < 4.78 is 0.676. The van der Waals surface area contributed by atoms with Crippen molar-refractivity contribution in [2.24, 2.45) is 0 Å². The molecule has 1 aliphatic rings. The normalized spacial score (nSPS) is 37.8. The third kappa shape index (κ3) is 1.15. The van der Waals surface area contributed by atoms with E-state index in [4.69, 9.17) is 12.2 Å². The summed E-state index contributed by atoms with van der Waals surface area (Å²) >= 11 is 6.21. The molecule has 1 atom stereocenters. The third-order valence-corrected chi connectivity index (χ3v) is 3.41. The zero-order valence-electron chi connectivity index (χ0n) is 6.26. The summed E-state index contributed by atoms with van der Waals surface area (Å²) in [6.07, 6.45) is 0. The molecule has 0 aromatic carbocycles. The van der Waals surface area contributed by atoms with Crippen LogP contribution in [-0.2, 0) is 0 Å². The van der Waals surface area contributed by atoms with Crippen LogP contribution in [0.15, 0.2) is 0 Å². The minimum absolute atomic E-state index is 0.311. The van der Waals surface area contributed by atoms with E-state index in [0.29, 0.717) is 4.32 Å². The summed E-state index contributed by atoms with van der Waals surface area (Å²) in [6.45, 7) is 5.63. The van der Waals surface area contributed by atoms with Crippen LogP contribution in [-0.4, -0.2) is 19.9 Å².